The van der Waals surface area contributed by atoms with Crippen LogP contribution in [0, 0.1) is 12.7 Å². The van der Waals surface area contributed by atoms with Gasteiger partial charge in [-0.3, -0.25) is 9.59 Å². The van der Waals surface area contributed by atoms with E-state index in [1.807, 2.05) is 45.0 Å². The third-order valence-corrected chi connectivity index (χ3v) is 4.34. The summed E-state index contributed by atoms with van der Waals surface area (Å²) in [6.07, 6.45) is 0.209. The van der Waals surface area contributed by atoms with Gasteiger partial charge in [-0.1, -0.05) is 42.0 Å². The summed E-state index contributed by atoms with van der Waals surface area (Å²) in [5, 5.41) is 2.85. The van der Waals surface area contributed by atoms with E-state index >= 15 is 0 Å². The van der Waals surface area contributed by atoms with E-state index in [0.29, 0.717) is 0 Å². The molecule has 2 aromatic rings. The molecule has 2 aromatic carbocycles. The summed E-state index contributed by atoms with van der Waals surface area (Å²) in [4.78, 5) is 27.0. The fourth-order valence-corrected chi connectivity index (χ4v) is 2.76. The molecule has 27 heavy (non-hydrogen) atoms. The Morgan fingerprint density at radius 2 is 1.52 bits per heavy atom. The number of carbonyl (C=O) groups excluding carboxylic acids is 2. The Morgan fingerprint density at radius 1 is 0.963 bits per heavy atom. The van der Waals surface area contributed by atoms with Crippen LogP contribution in [0.25, 0.3) is 0 Å². The molecule has 0 aromatic heterocycles. The number of carbonyl (C=O) groups is 2. The van der Waals surface area contributed by atoms with Gasteiger partial charge in [0.25, 0.3) is 0 Å². The number of nitrogens with one attached hydrogen (secondary N) is 1. The summed E-state index contributed by atoms with van der Waals surface area (Å²) < 4.78 is 13.2. The normalized spacial score (nSPS) is 11.9. The van der Waals surface area contributed by atoms with Crippen molar-refractivity contribution in [2.45, 2.75) is 52.7 Å². The lowest BCUT2D eigenvalue weighted by molar-refractivity contribution is -0.140. The average molecular weight is 370 g/mol. The molecule has 0 saturated carbocycles. The molecular weight excluding hydrogens is 343 g/mol. The van der Waals surface area contributed by atoms with Crippen molar-refractivity contribution in [3.05, 3.63) is 71.0 Å². The van der Waals surface area contributed by atoms with Crippen molar-refractivity contribution in [3.63, 3.8) is 0 Å². The Hall–Kier alpha value is -2.69. The van der Waals surface area contributed by atoms with Crippen molar-refractivity contribution in [3.8, 4) is 0 Å². The standard InChI is InChI=1S/C22H27FN2O2/c1-15(2)24-22(27)17(4)25(14-19-9-11-20(23)12-10-19)21(26)13-18-7-5-16(3)6-8-18/h5-12,15,17H,13-14H2,1-4H3,(H,24,27). The lowest BCUT2D eigenvalue weighted by atomic mass is 10.1. The van der Waals surface area contributed by atoms with Crippen molar-refractivity contribution in [2.75, 3.05) is 0 Å². The number of hydrogen-bond donors (Lipinski definition) is 1. The highest BCUT2D eigenvalue weighted by Crippen LogP contribution is 2.14. The molecule has 0 saturated heterocycles. The number of hydrogen-bond acceptors (Lipinski definition) is 2. The van der Waals surface area contributed by atoms with Crippen LogP contribution in [0.1, 0.15) is 37.5 Å². The monoisotopic (exact) mass is 370 g/mol. The minimum absolute atomic E-state index is 0.0141. The molecule has 0 radical (unpaired) electrons. The number of nitrogens with zero attached hydrogens (tertiary/aromatic N) is 1. The first-order chi connectivity index (χ1) is 12.8. The third kappa shape index (κ3) is 6.20. The Bertz CT molecular complexity index is 770. The maximum absolute atomic E-state index is 13.2. The van der Waals surface area contributed by atoms with Gasteiger partial charge in [0.1, 0.15) is 11.9 Å². The van der Waals surface area contributed by atoms with E-state index in [4.69, 9.17) is 0 Å². The van der Waals surface area contributed by atoms with Gasteiger partial charge in [0.05, 0.1) is 6.42 Å². The Balaban J connectivity index is 2.21. The van der Waals surface area contributed by atoms with Gasteiger partial charge < -0.3 is 10.2 Å². The Kier molecular flexibility index (Phi) is 7.11. The lowest BCUT2D eigenvalue weighted by Gasteiger charge is -2.29. The molecule has 0 bridgehead atoms. The summed E-state index contributed by atoms with van der Waals surface area (Å²) in [6, 6.07) is 13.1. The molecule has 0 aliphatic heterocycles. The lowest BCUT2D eigenvalue weighted by Crippen LogP contribution is -2.49. The third-order valence-electron chi connectivity index (χ3n) is 4.34. The van der Waals surface area contributed by atoms with Gasteiger partial charge in [-0.25, -0.2) is 4.39 Å². The highest BCUT2D eigenvalue weighted by Gasteiger charge is 2.26. The summed E-state index contributed by atoms with van der Waals surface area (Å²) in [5.74, 6) is -0.680. The van der Waals surface area contributed by atoms with Crippen LogP contribution in [-0.4, -0.2) is 28.8 Å². The minimum atomic E-state index is -0.629. The van der Waals surface area contributed by atoms with Crippen molar-refractivity contribution in [1.29, 1.82) is 0 Å². The molecule has 1 unspecified atom stereocenters. The maximum Gasteiger partial charge on any atom is 0.242 e. The van der Waals surface area contributed by atoms with Crippen LogP contribution in [0.15, 0.2) is 48.5 Å². The molecule has 0 heterocycles. The molecule has 0 aliphatic rings. The molecule has 0 spiro atoms. The van der Waals surface area contributed by atoms with E-state index in [2.05, 4.69) is 5.32 Å². The van der Waals surface area contributed by atoms with Gasteiger partial charge in [-0.05, 0) is 51.0 Å². The first-order valence-corrected chi connectivity index (χ1v) is 9.16. The summed E-state index contributed by atoms with van der Waals surface area (Å²) in [6.45, 7) is 7.71. The average Bonchev–Trinajstić information content (AvgIpc) is 2.62. The molecule has 4 nitrogen and oxygen atoms in total. The van der Waals surface area contributed by atoms with Gasteiger partial charge in [0.2, 0.25) is 11.8 Å². The van der Waals surface area contributed by atoms with E-state index < -0.39 is 6.04 Å². The number of halogens is 1. The highest BCUT2D eigenvalue weighted by atomic mass is 19.1. The highest BCUT2D eigenvalue weighted by molar-refractivity contribution is 5.88. The zero-order valence-electron chi connectivity index (χ0n) is 16.3. The van der Waals surface area contributed by atoms with Crippen molar-refractivity contribution in [1.82, 2.24) is 10.2 Å². The van der Waals surface area contributed by atoms with Gasteiger partial charge in [0.15, 0.2) is 0 Å². The van der Waals surface area contributed by atoms with Crippen LogP contribution >= 0.6 is 0 Å². The first-order valence-electron chi connectivity index (χ1n) is 9.16. The minimum Gasteiger partial charge on any atom is -0.352 e. The second-order valence-electron chi connectivity index (χ2n) is 7.15. The van der Waals surface area contributed by atoms with Gasteiger partial charge in [-0.15, -0.1) is 0 Å². The van der Waals surface area contributed by atoms with Gasteiger partial charge in [0, 0.05) is 12.6 Å². The molecule has 1 atom stereocenters. The van der Waals surface area contributed by atoms with Crippen LogP contribution in [-0.2, 0) is 22.6 Å². The summed E-state index contributed by atoms with van der Waals surface area (Å²) >= 11 is 0. The topological polar surface area (TPSA) is 49.4 Å². The molecule has 5 heteroatoms. The fraction of sp³-hybridized carbons (Fsp3) is 0.364. The molecule has 0 fully saturated rings. The Labute approximate surface area is 160 Å². The second kappa shape index (κ2) is 9.31. The van der Waals surface area contributed by atoms with Crippen LogP contribution in [0.4, 0.5) is 4.39 Å². The fourth-order valence-electron chi connectivity index (χ4n) is 2.76. The largest absolute Gasteiger partial charge is 0.352 e. The maximum atomic E-state index is 13.2. The zero-order valence-corrected chi connectivity index (χ0v) is 16.3. The van der Waals surface area contributed by atoms with Crippen molar-refractivity contribution < 1.29 is 14.0 Å². The molecule has 0 aliphatic carbocycles. The predicted octanol–water partition coefficient (Wildman–Crippen LogP) is 3.62. The van der Waals surface area contributed by atoms with Crippen LogP contribution in [0.5, 0.6) is 0 Å². The van der Waals surface area contributed by atoms with E-state index in [9.17, 15) is 14.0 Å². The van der Waals surface area contributed by atoms with Crippen LogP contribution in [0.2, 0.25) is 0 Å². The second-order valence-corrected chi connectivity index (χ2v) is 7.15. The first kappa shape index (κ1) is 20.6. The van der Waals surface area contributed by atoms with Gasteiger partial charge >= 0.3 is 0 Å². The number of benzene rings is 2. The smallest absolute Gasteiger partial charge is 0.242 e. The van der Waals surface area contributed by atoms with E-state index in [-0.39, 0.29) is 36.6 Å². The van der Waals surface area contributed by atoms with Crippen LogP contribution in [0.3, 0.4) is 0 Å². The quantitative estimate of drug-likeness (QED) is 0.809. The molecule has 1 N–H and O–H groups in total. The predicted molar refractivity (Wildman–Crippen MR) is 105 cm³/mol. The number of aryl methyl sites for hydroxylation is 1. The SMILES string of the molecule is Cc1ccc(CC(=O)N(Cc2ccc(F)cc2)C(C)C(=O)NC(C)C)cc1. The molecule has 144 valence electrons. The molecule has 2 rings (SSSR count). The van der Waals surface area contributed by atoms with E-state index in [1.165, 1.54) is 12.1 Å². The molecular formula is C22H27FN2O2. The van der Waals surface area contributed by atoms with E-state index in [1.54, 1.807) is 24.0 Å². The van der Waals surface area contributed by atoms with E-state index in [0.717, 1.165) is 16.7 Å². The van der Waals surface area contributed by atoms with Crippen molar-refractivity contribution in [2.24, 2.45) is 0 Å². The summed E-state index contributed by atoms with van der Waals surface area (Å²) in [5.41, 5.74) is 2.79. The zero-order chi connectivity index (χ0) is 20.0. The van der Waals surface area contributed by atoms with Crippen molar-refractivity contribution >= 4 is 11.8 Å². The van der Waals surface area contributed by atoms with Crippen LogP contribution < -0.4 is 5.32 Å². The number of rotatable bonds is 7. The van der Waals surface area contributed by atoms with Gasteiger partial charge in [-0.2, -0.15) is 0 Å². The number of amides is 2. The summed E-state index contributed by atoms with van der Waals surface area (Å²) in [7, 11) is 0. The Morgan fingerprint density at radius 3 is 2.07 bits per heavy atom. The molecule has 2 amide bonds.